The Hall–Kier alpha value is -0.650. The molecule has 2 fully saturated rings. The molecule has 2 rings (SSSR count). The summed E-state index contributed by atoms with van der Waals surface area (Å²) in [5.74, 6) is 0.0356. The summed E-state index contributed by atoms with van der Waals surface area (Å²) in [5, 5.41) is 0. The van der Waals surface area contributed by atoms with Gasteiger partial charge in [-0.25, -0.2) is 0 Å². The minimum absolute atomic E-state index is 0.0356. The van der Waals surface area contributed by atoms with Gasteiger partial charge in [0.15, 0.2) is 0 Å². The van der Waals surface area contributed by atoms with Gasteiger partial charge in [-0.1, -0.05) is 0 Å². The first-order valence-electron chi connectivity index (χ1n) is 7.25. The number of rotatable bonds is 6. The molecule has 1 amide bonds. The molecule has 0 radical (unpaired) electrons. The Labute approximate surface area is 115 Å². The average molecular weight is 271 g/mol. The summed E-state index contributed by atoms with van der Waals surface area (Å²) in [5.41, 5.74) is 0. The van der Waals surface area contributed by atoms with Gasteiger partial charge in [0.1, 0.15) is 6.10 Å². The van der Waals surface area contributed by atoms with Crippen LogP contribution in [-0.4, -0.2) is 62.5 Å². The van der Waals surface area contributed by atoms with Crippen LogP contribution in [0.5, 0.6) is 0 Å². The molecule has 5 heteroatoms. The highest BCUT2D eigenvalue weighted by Crippen LogP contribution is 2.18. The number of hydrogen-bond donors (Lipinski definition) is 0. The van der Waals surface area contributed by atoms with E-state index in [2.05, 4.69) is 0 Å². The van der Waals surface area contributed by atoms with E-state index in [1.807, 2.05) is 4.90 Å². The lowest BCUT2D eigenvalue weighted by Crippen LogP contribution is -2.46. The highest BCUT2D eigenvalue weighted by atomic mass is 16.5. The Kier molecular flexibility index (Phi) is 5.60. The van der Waals surface area contributed by atoms with Gasteiger partial charge >= 0.3 is 0 Å². The van der Waals surface area contributed by atoms with E-state index in [4.69, 9.17) is 14.2 Å². The molecular formula is C14H25NO4. The van der Waals surface area contributed by atoms with Crippen LogP contribution in [0.2, 0.25) is 0 Å². The van der Waals surface area contributed by atoms with Crippen LogP contribution in [0.15, 0.2) is 0 Å². The average Bonchev–Trinajstić information content (AvgIpc) is 3.09. The van der Waals surface area contributed by atoms with Gasteiger partial charge in [0.2, 0.25) is 0 Å². The molecule has 0 aliphatic carbocycles. The first kappa shape index (κ1) is 14.8. The van der Waals surface area contributed by atoms with Gasteiger partial charge in [0.05, 0.1) is 12.2 Å². The van der Waals surface area contributed by atoms with E-state index in [0.29, 0.717) is 13.1 Å². The zero-order chi connectivity index (χ0) is 13.7. The number of amides is 1. The van der Waals surface area contributed by atoms with Gasteiger partial charge in [-0.05, 0) is 32.6 Å². The predicted molar refractivity (Wildman–Crippen MR) is 71.0 cm³/mol. The van der Waals surface area contributed by atoms with Crippen molar-refractivity contribution < 1.29 is 19.0 Å². The number of carbonyl (C=O) groups is 1. The van der Waals surface area contributed by atoms with Crippen molar-refractivity contribution in [3.8, 4) is 0 Å². The number of ether oxygens (including phenoxy) is 3. The fourth-order valence-corrected chi connectivity index (χ4v) is 2.68. The number of hydrogen-bond acceptors (Lipinski definition) is 4. The predicted octanol–water partition coefficient (Wildman–Crippen LogP) is 1.21. The molecule has 5 nitrogen and oxygen atoms in total. The fraction of sp³-hybridized carbons (Fsp3) is 0.929. The van der Waals surface area contributed by atoms with E-state index in [0.717, 1.165) is 38.9 Å². The normalized spacial score (nSPS) is 28.5. The van der Waals surface area contributed by atoms with Gasteiger partial charge < -0.3 is 19.1 Å². The maximum atomic E-state index is 12.3. The lowest BCUT2D eigenvalue weighted by atomic mass is 10.1. The van der Waals surface area contributed by atoms with E-state index in [1.54, 1.807) is 14.0 Å². The molecule has 0 aromatic heterocycles. The lowest BCUT2D eigenvalue weighted by Gasteiger charge is -2.29. The Morgan fingerprint density at radius 3 is 2.11 bits per heavy atom. The minimum atomic E-state index is -0.400. The van der Waals surface area contributed by atoms with Gasteiger partial charge in [-0.2, -0.15) is 0 Å². The molecule has 2 aliphatic rings. The summed E-state index contributed by atoms with van der Waals surface area (Å²) < 4.78 is 16.4. The van der Waals surface area contributed by atoms with Crippen molar-refractivity contribution in [2.75, 3.05) is 33.4 Å². The summed E-state index contributed by atoms with van der Waals surface area (Å²) in [6.45, 7) is 4.73. The second kappa shape index (κ2) is 7.22. The molecule has 2 heterocycles. The summed E-state index contributed by atoms with van der Waals surface area (Å²) in [6, 6.07) is 0. The van der Waals surface area contributed by atoms with Crippen LogP contribution in [0.3, 0.4) is 0 Å². The first-order chi connectivity index (χ1) is 9.20. The zero-order valence-corrected chi connectivity index (χ0v) is 12.0. The second-order valence-electron chi connectivity index (χ2n) is 5.39. The number of methoxy groups -OCH3 is 1. The van der Waals surface area contributed by atoms with E-state index < -0.39 is 6.10 Å². The molecular weight excluding hydrogens is 246 g/mol. The van der Waals surface area contributed by atoms with Crippen molar-refractivity contribution in [2.24, 2.45) is 0 Å². The molecule has 2 aliphatic heterocycles. The summed E-state index contributed by atoms with van der Waals surface area (Å²) in [4.78, 5) is 14.2. The van der Waals surface area contributed by atoms with E-state index >= 15 is 0 Å². The summed E-state index contributed by atoms with van der Waals surface area (Å²) >= 11 is 0. The molecule has 0 bridgehead atoms. The van der Waals surface area contributed by atoms with Crippen LogP contribution in [0.1, 0.15) is 32.6 Å². The van der Waals surface area contributed by atoms with Crippen LogP contribution in [0, 0.1) is 0 Å². The molecule has 2 saturated heterocycles. The Bertz CT molecular complexity index is 267. The van der Waals surface area contributed by atoms with Crippen molar-refractivity contribution in [3.05, 3.63) is 0 Å². The molecule has 3 atom stereocenters. The molecule has 0 N–H and O–H groups in total. The van der Waals surface area contributed by atoms with Crippen molar-refractivity contribution in [2.45, 2.75) is 50.9 Å². The fourth-order valence-electron chi connectivity index (χ4n) is 2.68. The Morgan fingerprint density at radius 2 is 1.74 bits per heavy atom. The van der Waals surface area contributed by atoms with Gasteiger partial charge in [0, 0.05) is 33.4 Å². The third-order valence-electron chi connectivity index (χ3n) is 3.91. The highest BCUT2D eigenvalue weighted by molar-refractivity contribution is 5.80. The third kappa shape index (κ3) is 4.16. The zero-order valence-electron chi connectivity index (χ0n) is 12.0. The molecule has 0 aromatic rings. The molecule has 0 spiro atoms. The second-order valence-corrected chi connectivity index (χ2v) is 5.39. The van der Waals surface area contributed by atoms with Gasteiger partial charge in [-0.3, -0.25) is 4.79 Å². The smallest absolute Gasteiger partial charge is 0.251 e. The Balaban J connectivity index is 1.92. The molecule has 110 valence electrons. The maximum Gasteiger partial charge on any atom is 0.251 e. The van der Waals surface area contributed by atoms with E-state index in [1.165, 1.54) is 0 Å². The van der Waals surface area contributed by atoms with Crippen LogP contribution in [-0.2, 0) is 19.0 Å². The van der Waals surface area contributed by atoms with Gasteiger partial charge in [0.25, 0.3) is 5.91 Å². The number of carbonyl (C=O) groups excluding carboxylic acids is 1. The monoisotopic (exact) mass is 271 g/mol. The molecule has 19 heavy (non-hydrogen) atoms. The molecule has 0 aromatic carbocycles. The standard InChI is InChI=1S/C14H25NO4/c1-11(17-2)14(16)15(9-12-5-3-7-18-12)10-13-6-4-8-19-13/h11-13H,3-10H2,1-2H3. The minimum Gasteiger partial charge on any atom is -0.376 e. The van der Waals surface area contributed by atoms with Crippen LogP contribution in [0.25, 0.3) is 0 Å². The highest BCUT2D eigenvalue weighted by Gasteiger charge is 2.29. The maximum absolute atomic E-state index is 12.3. The number of nitrogens with zero attached hydrogens (tertiary/aromatic N) is 1. The quantitative estimate of drug-likeness (QED) is 0.728. The van der Waals surface area contributed by atoms with Gasteiger partial charge in [-0.15, -0.1) is 0 Å². The molecule has 0 saturated carbocycles. The Morgan fingerprint density at radius 1 is 1.21 bits per heavy atom. The SMILES string of the molecule is COC(C)C(=O)N(CC1CCCO1)CC1CCCO1. The largest absolute Gasteiger partial charge is 0.376 e. The first-order valence-corrected chi connectivity index (χ1v) is 7.25. The molecule has 3 unspecified atom stereocenters. The summed E-state index contributed by atoms with van der Waals surface area (Å²) in [6.07, 6.45) is 4.21. The van der Waals surface area contributed by atoms with Crippen molar-refractivity contribution >= 4 is 5.91 Å². The van der Waals surface area contributed by atoms with Crippen LogP contribution in [0.4, 0.5) is 0 Å². The lowest BCUT2D eigenvalue weighted by molar-refractivity contribution is -0.144. The van der Waals surface area contributed by atoms with Crippen molar-refractivity contribution in [1.82, 2.24) is 4.90 Å². The van der Waals surface area contributed by atoms with Crippen LogP contribution >= 0.6 is 0 Å². The van der Waals surface area contributed by atoms with Crippen molar-refractivity contribution in [3.63, 3.8) is 0 Å². The van der Waals surface area contributed by atoms with E-state index in [-0.39, 0.29) is 18.1 Å². The van der Waals surface area contributed by atoms with Crippen LogP contribution < -0.4 is 0 Å². The topological polar surface area (TPSA) is 48.0 Å². The third-order valence-corrected chi connectivity index (χ3v) is 3.91. The van der Waals surface area contributed by atoms with Crippen molar-refractivity contribution in [1.29, 1.82) is 0 Å². The van der Waals surface area contributed by atoms with E-state index in [9.17, 15) is 4.79 Å². The summed E-state index contributed by atoms with van der Waals surface area (Å²) in [7, 11) is 1.57.